The van der Waals surface area contributed by atoms with Crippen LogP contribution in [0.2, 0.25) is 8.67 Å². The second-order valence-electron chi connectivity index (χ2n) is 4.32. The van der Waals surface area contributed by atoms with Crippen molar-refractivity contribution in [2.45, 2.75) is 23.3 Å². The molecule has 0 radical (unpaired) electrons. The van der Waals surface area contributed by atoms with Gasteiger partial charge >= 0.3 is 0 Å². The van der Waals surface area contributed by atoms with E-state index in [9.17, 15) is 8.42 Å². The Kier molecular flexibility index (Phi) is 5.04. The summed E-state index contributed by atoms with van der Waals surface area (Å²) < 4.78 is 33.1. The van der Waals surface area contributed by atoms with E-state index in [1.165, 1.54) is 6.07 Å². The van der Waals surface area contributed by atoms with Gasteiger partial charge in [0.1, 0.15) is 9.23 Å². The molecule has 1 aromatic heterocycles. The van der Waals surface area contributed by atoms with Gasteiger partial charge in [0.05, 0.1) is 9.88 Å². The monoisotopic (exact) mass is 363 g/mol. The van der Waals surface area contributed by atoms with Crippen molar-refractivity contribution in [3.8, 4) is 0 Å². The summed E-state index contributed by atoms with van der Waals surface area (Å²) in [5.74, 6) is 0.186. The van der Waals surface area contributed by atoms with Gasteiger partial charge in [-0.1, -0.05) is 23.2 Å². The molecule has 1 N–H and O–H groups in total. The molecule has 0 unspecified atom stereocenters. The fourth-order valence-electron chi connectivity index (χ4n) is 1.87. The largest absolute Gasteiger partial charge is 0.381 e. The van der Waals surface area contributed by atoms with E-state index in [0.717, 1.165) is 11.3 Å². The maximum Gasteiger partial charge on any atom is 0.243 e. The van der Waals surface area contributed by atoms with Crippen molar-refractivity contribution >= 4 is 56.2 Å². The summed E-state index contributed by atoms with van der Waals surface area (Å²) in [6.07, 6.45) is 1.07. The van der Waals surface area contributed by atoms with Crippen molar-refractivity contribution in [3.05, 3.63) is 14.7 Å². The molecule has 0 saturated carbocycles. The molecule has 1 fully saturated rings. The normalized spacial score (nSPS) is 19.5. The lowest BCUT2D eigenvalue weighted by atomic mass is 9.94. The van der Waals surface area contributed by atoms with Gasteiger partial charge in [0.15, 0.2) is 0 Å². The van der Waals surface area contributed by atoms with E-state index >= 15 is 0 Å². The average Bonchev–Trinajstić information content (AvgIpc) is 2.70. The smallest absolute Gasteiger partial charge is 0.243 e. The SMILES string of the molecule is O=S(=O)(NC1(CCl)CCOCC1)c1cc(Cl)sc1Cl. The summed E-state index contributed by atoms with van der Waals surface area (Å²) in [5, 5.41) is 0. The standard InChI is InChI=1S/C10H12Cl3NO3S2/c11-6-10(1-3-17-4-2-10)14-19(15,16)7-5-8(12)18-9(7)13/h5,14H,1-4,6H2. The van der Waals surface area contributed by atoms with Gasteiger partial charge in [-0.3, -0.25) is 0 Å². The quantitative estimate of drug-likeness (QED) is 0.835. The van der Waals surface area contributed by atoms with Crippen LogP contribution in [0.3, 0.4) is 0 Å². The van der Waals surface area contributed by atoms with Crippen LogP contribution in [-0.2, 0) is 14.8 Å². The van der Waals surface area contributed by atoms with Crippen LogP contribution in [0.1, 0.15) is 12.8 Å². The van der Waals surface area contributed by atoms with E-state index in [-0.39, 0.29) is 15.1 Å². The zero-order valence-electron chi connectivity index (χ0n) is 9.79. The van der Waals surface area contributed by atoms with Gasteiger partial charge in [0, 0.05) is 19.1 Å². The molecule has 0 spiro atoms. The number of rotatable bonds is 4. The molecule has 0 bridgehead atoms. The minimum absolute atomic E-state index is 0.000139. The summed E-state index contributed by atoms with van der Waals surface area (Å²) in [6.45, 7) is 0.959. The van der Waals surface area contributed by atoms with Crippen LogP contribution in [-0.4, -0.2) is 33.1 Å². The first-order chi connectivity index (χ1) is 8.88. The molecule has 0 aromatic carbocycles. The van der Waals surface area contributed by atoms with Crippen LogP contribution in [0.4, 0.5) is 0 Å². The zero-order valence-corrected chi connectivity index (χ0v) is 13.7. The number of thiophene rings is 1. The first-order valence-corrected chi connectivity index (χ1v) is 9.10. The van der Waals surface area contributed by atoms with Crippen LogP contribution in [0, 0.1) is 0 Å². The van der Waals surface area contributed by atoms with Gasteiger partial charge in [0.2, 0.25) is 10.0 Å². The van der Waals surface area contributed by atoms with E-state index < -0.39 is 15.6 Å². The van der Waals surface area contributed by atoms with Gasteiger partial charge in [0.25, 0.3) is 0 Å². The lowest BCUT2D eigenvalue weighted by Gasteiger charge is -2.35. The third-order valence-corrected chi connectivity index (χ3v) is 6.81. The van der Waals surface area contributed by atoms with Gasteiger partial charge in [-0.05, 0) is 18.9 Å². The minimum Gasteiger partial charge on any atom is -0.381 e. The molecule has 0 aliphatic carbocycles. The molecule has 2 heterocycles. The Morgan fingerprint density at radius 3 is 2.47 bits per heavy atom. The van der Waals surface area contributed by atoms with Crippen molar-refractivity contribution in [2.24, 2.45) is 0 Å². The lowest BCUT2D eigenvalue weighted by Crippen LogP contribution is -2.53. The molecule has 4 nitrogen and oxygen atoms in total. The second kappa shape index (κ2) is 6.05. The predicted octanol–water partition coefficient (Wildman–Crippen LogP) is 3.12. The first kappa shape index (κ1) is 15.8. The Balaban J connectivity index is 2.27. The third kappa shape index (κ3) is 3.56. The van der Waals surface area contributed by atoms with Crippen LogP contribution in [0.25, 0.3) is 0 Å². The average molecular weight is 365 g/mol. The number of hydrogen-bond acceptors (Lipinski definition) is 4. The Hall–Kier alpha value is 0.440. The fraction of sp³-hybridized carbons (Fsp3) is 0.600. The minimum atomic E-state index is -3.74. The van der Waals surface area contributed by atoms with Crippen molar-refractivity contribution < 1.29 is 13.2 Å². The zero-order chi connectivity index (χ0) is 14.1. The summed E-state index contributed by atoms with van der Waals surface area (Å²) in [5.41, 5.74) is -0.684. The van der Waals surface area contributed by atoms with Crippen molar-refractivity contribution in [2.75, 3.05) is 19.1 Å². The number of sulfonamides is 1. The topological polar surface area (TPSA) is 55.4 Å². The molecule has 1 aromatic rings. The molecule has 108 valence electrons. The fourth-order valence-corrected chi connectivity index (χ4v) is 5.90. The van der Waals surface area contributed by atoms with E-state index in [1.54, 1.807) is 0 Å². The van der Waals surface area contributed by atoms with Crippen LogP contribution in [0.5, 0.6) is 0 Å². The van der Waals surface area contributed by atoms with E-state index in [1.807, 2.05) is 0 Å². The van der Waals surface area contributed by atoms with Crippen molar-refractivity contribution in [1.82, 2.24) is 4.72 Å². The maximum absolute atomic E-state index is 12.4. The van der Waals surface area contributed by atoms with Gasteiger partial charge in [-0.25, -0.2) is 13.1 Å². The van der Waals surface area contributed by atoms with E-state index in [4.69, 9.17) is 39.5 Å². The molecule has 1 saturated heterocycles. The third-order valence-electron chi connectivity index (χ3n) is 2.97. The predicted molar refractivity (Wildman–Crippen MR) is 78.2 cm³/mol. The van der Waals surface area contributed by atoms with Crippen molar-refractivity contribution in [3.63, 3.8) is 0 Å². The Bertz CT molecular complexity index is 552. The number of ether oxygens (including phenoxy) is 1. The highest BCUT2D eigenvalue weighted by molar-refractivity contribution is 7.89. The molecule has 19 heavy (non-hydrogen) atoms. The molecule has 2 rings (SSSR count). The maximum atomic E-state index is 12.4. The number of alkyl halides is 1. The molecule has 1 aliphatic heterocycles. The lowest BCUT2D eigenvalue weighted by molar-refractivity contribution is 0.0549. The summed E-state index contributed by atoms with van der Waals surface area (Å²) in [4.78, 5) is 0.000139. The summed E-state index contributed by atoms with van der Waals surface area (Å²) >= 11 is 18.6. The van der Waals surface area contributed by atoms with E-state index in [2.05, 4.69) is 4.72 Å². The van der Waals surface area contributed by atoms with Gasteiger partial charge < -0.3 is 4.74 Å². The highest BCUT2D eigenvalue weighted by Gasteiger charge is 2.37. The van der Waals surface area contributed by atoms with Crippen LogP contribution >= 0.6 is 46.1 Å². The summed E-state index contributed by atoms with van der Waals surface area (Å²) in [7, 11) is -3.74. The number of nitrogens with one attached hydrogen (secondary N) is 1. The molecular formula is C10H12Cl3NO3S2. The number of hydrogen-bond donors (Lipinski definition) is 1. The Morgan fingerprint density at radius 1 is 1.37 bits per heavy atom. The summed E-state index contributed by atoms with van der Waals surface area (Å²) in [6, 6.07) is 1.35. The van der Waals surface area contributed by atoms with Crippen molar-refractivity contribution in [1.29, 1.82) is 0 Å². The van der Waals surface area contributed by atoms with Crippen LogP contribution in [0.15, 0.2) is 11.0 Å². The first-order valence-electron chi connectivity index (χ1n) is 5.51. The molecular weight excluding hydrogens is 353 g/mol. The van der Waals surface area contributed by atoms with Gasteiger partial charge in [-0.15, -0.1) is 22.9 Å². The van der Waals surface area contributed by atoms with Gasteiger partial charge in [-0.2, -0.15) is 0 Å². The Labute approximate surface area is 131 Å². The molecule has 1 aliphatic rings. The second-order valence-corrected chi connectivity index (χ2v) is 8.52. The van der Waals surface area contributed by atoms with E-state index in [0.29, 0.717) is 30.4 Å². The Morgan fingerprint density at radius 2 is 2.00 bits per heavy atom. The molecule has 9 heteroatoms. The van der Waals surface area contributed by atoms with Crippen LogP contribution < -0.4 is 4.72 Å². The molecule has 0 amide bonds. The molecule has 0 atom stereocenters. The highest BCUT2D eigenvalue weighted by atomic mass is 35.5. The number of halogens is 3. The highest BCUT2D eigenvalue weighted by Crippen LogP contribution is 2.35.